The van der Waals surface area contributed by atoms with Crippen LogP contribution in [-0.4, -0.2) is 38.8 Å². The average molecular weight is 433 g/mol. The molecule has 164 valence electrons. The lowest BCUT2D eigenvalue weighted by Crippen LogP contribution is -2.37. The van der Waals surface area contributed by atoms with Crippen molar-refractivity contribution in [1.82, 2.24) is 4.31 Å². The van der Waals surface area contributed by atoms with Crippen molar-refractivity contribution in [3.05, 3.63) is 54.1 Å². The van der Waals surface area contributed by atoms with Gasteiger partial charge in [-0.25, -0.2) is 8.42 Å². The minimum Gasteiger partial charge on any atom is -0.497 e. The van der Waals surface area contributed by atoms with Crippen LogP contribution in [0.15, 0.2) is 53.4 Å². The second-order valence-electron chi connectivity index (χ2n) is 8.21. The number of ether oxygens (including phenoxy) is 1. The van der Waals surface area contributed by atoms with E-state index in [9.17, 15) is 13.2 Å². The molecule has 0 aliphatic heterocycles. The topological polar surface area (TPSA) is 75.7 Å². The molecule has 2 rings (SSSR count). The number of anilines is 1. The Morgan fingerprint density at radius 3 is 1.93 bits per heavy atom. The van der Waals surface area contributed by atoms with Crippen LogP contribution in [0.1, 0.15) is 33.3 Å². The maximum atomic E-state index is 13.1. The molecule has 0 aliphatic carbocycles. The van der Waals surface area contributed by atoms with Crippen LogP contribution >= 0.6 is 0 Å². The Labute approximate surface area is 180 Å². The number of nitrogens with zero attached hydrogens (tertiary/aromatic N) is 1. The Balaban J connectivity index is 2.07. The zero-order chi connectivity index (χ0) is 22.3. The average Bonchev–Trinajstić information content (AvgIpc) is 2.67. The number of carbonyl (C=O) groups excluding carboxylic acids is 1. The molecule has 0 radical (unpaired) electrons. The zero-order valence-electron chi connectivity index (χ0n) is 18.4. The van der Waals surface area contributed by atoms with Gasteiger partial charge in [-0.15, -0.1) is 0 Å². The molecule has 30 heavy (non-hydrogen) atoms. The molecule has 0 fully saturated rings. The third-order valence-electron chi connectivity index (χ3n) is 4.44. The number of methoxy groups -OCH3 is 1. The SMILES string of the molecule is COc1ccc(CC(=O)Nc2ccc(S(=O)(=O)N(CC(C)C)CC(C)C)cc2)cc1. The minimum absolute atomic E-state index is 0.169. The fourth-order valence-corrected chi connectivity index (χ4v) is 4.85. The van der Waals surface area contributed by atoms with E-state index in [-0.39, 0.29) is 29.1 Å². The van der Waals surface area contributed by atoms with Crippen LogP contribution in [0.4, 0.5) is 5.69 Å². The Kier molecular flexibility index (Phi) is 8.43. The van der Waals surface area contributed by atoms with Crippen LogP contribution in [-0.2, 0) is 21.2 Å². The molecule has 0 heterocycles. The molecule has 0 unspecified atom stereocenters. The third kappa shape index (κ3) is 6.85. The summed E-state index contributed by atoms with van der Waals surface area (Å²) in [4.78, 5) is 12.5. The zero-order valence-corrected chi connectivity index (χ0v) is 19.2. The Hall–Kier alpha value is -2.38. The summed E-state index contributed by atoms with van der Waals surface area (Å²) in [6.45, 7) is 8.96. The van der Waals surface area contributed by atoms with Gasteiger partial charge in [0, 0.05) is 18.8 Å². The summed E-state index contributed by atoms with van der Waals surface area (Å²) in [6, 6.07) is 13.6. The van der Waals surface area contributed by atoms with Crippen molar-refractivity contribution >= 4 is 21.6 Å². The largest absolute Gasteiger partial charge is 0.497 e. The van der Waals surface area contributed by atoms with E-state index in [0.717, 1.165) is 11.3 Å². The van der Waals surface area contributed by atoms with Gasteiger partial charge < -0.3 is 10.1 Å². The summed E-state index contributed by atoms with van der Waals surface area (Å²) in [5.74, 6) is 1.03. The van der Waals surface area contributed by atoms with E-state index in [1.165, 1.54) is 0 Å². The monoisotopic (exact) mass is 432 g/mol. The standard InChI is InChI=1S/C23H32N2O4S/c1-17(2)15-25(16-18(3)4)30(27,28)22-12-8-20(9-13-22)24-23(26)14-19-6-10-21(29-5)11-7-19/h6-13,17-18H,14-16H2,1-5H3,(H,24,26). The maximum Gasteiger partial charge on any atom is 0.243 e. The van der Waals surface area contributed by atoms with Gasteiger partial charge in [-0.1, -0.05) is 39.8 Å². The normalized spacial score (nSPS) is 11.9. The molecule has 7 heteroatoms. The summed E-state index contributed by atoms with van der Waals surface area (Å²) in [7, 11) is -1.99. The van der Waals surface area contributed by atoms with E-state index in [4.69, 9.17) is 4.74 Å². The Bertz CT molecular complexity index is 911. The first kappa shape index (κ1) is 23.9. The first-order valence-corrected chi connectivity index (χ1v) is 11.6. The van der Waals surface area contributed by atoms with Gasteiger partial charge in [0.2, 0.25) is 15.9 Å². The first-order valence-electron chi connectivity index (χ1n) is 10.1. The highest BCUT2D eigenvalue weighted by Crippen LogP contribution is 2.21. The fourth-order valence-electron chi connectivity index (χ4n) is 3.08. The van der Waals surface area contributed by atoms with Gasteiger partial charge in [-0.2, -0.15) is 4.31 Å². The molecule has 2 aromatic rings. The van der Waals surface area contributed by atoms with E-state index < -0.39 is 10.0 Å². The van der Waals surface area contributed by atoms with Gasteiger partial charge in [0.1, 0.15) is 5.75 Å². The number of rotatable bonds is 10. The van der Waals surface area contributed by atoms with Crippen molar-refractivity contribution in [2.45, 2.75) is 39.0 Å². The number of hydrogen-bond donors (Lipinski definition) is 1. The first-order chi connectivity index (χ1) is 14.1. The summed E-state index contributed by atoms with van der Waals surface area (Å²) >= 11 is 0. The number of benzene rings is 2. The lowest BCUT2D eigenvalue weighted by atomic mass is 10.1. The highest BCUT2D eigenvalue weighted by atomic mass is 32.2. The maximum absolute atomic E-state index is 13.1. The van der Waals surface area contributed by atoms with Crippen molar-refractivity contribution in [3.8, 4) is 5.75 Å². The molecule has 2 aromatic carbocycles. The highest BCUT2D eigenvalue weighted by Gasteiger charge is 2.25. The summed E-state index contributed by atoms with van der Waals surface area (Å²) in [5, 5.41) is 2.81. The van der Waals surface area contributed by atoms with Gasteiger partial charge in [0.25, 0.3) is 0 Å². The molecule has 1 amide bonds. The quantitative estimate of drug-likeness (QED) is 0.611. The van der Waals surface area contributed by atoms with Crippen LogP contribution in [0.5, 0.6) is 5.75 Å². The molecular weight excluding hydrogens is 400 g/mol. The van der Waals surface area contributed by atoms with Crippen molar-refractivity contribution in [3.63, 3.8) is 0 Å². The molecule has 0 aromatic heterocycles. The van der Waals surface area contributed by atoms with Gasteiger partial charge in [0.15, 0.2) is 0 Å². The van der Waals surface area contributed by atoms with Gasteiger partial charge in [-0.05, 0) is 53.8 Å². The van der Waals surface area contributed by atoms with Gasteiger partial charge >= 0.3 is 0 Å². The highest BCUT2D eigenvalue weighted by molar-refractivity contribution is 7.89. The number of nitrogens with one attached hydrogen (secondary N) is 1. The lowest BCUT2D eigenvalue weighted by Gasteiger charge is -2.25. The predicted molar refractivity (Wildman–Crippen MR) is 120 cm³/mol. The summed E-state index contributed by atoms with van der Waals surface area (Å²) < 4.78 is 32.8. The molecule has 0 bridgehead atoms. The van der Waals surface area contributed by atoms with E-state index >= 15 is 0 Å². The molecule has 0 saturated carbocycles. The molecule has 0 saturated heterocycles. The smallest absolute Gasteiger partial charge is 0.243 e. The molecular formula is C23H32N2O4S. The lowest BCUT2D eigenvalue weighted by molar-refractivity contribution is -0.115. The second kappa shape index (κ2) is 10.6. The van der Waals surface area contributed by atoms with Crippen LogP contribution in [0.25, 0.3) is 0 Å². The second-order valence-corrected chi connectivity index (χ2v) is 10.1. The molecule has 0 aliphatic rings. The van der Waals surface area contributed by atoms with E-state index in [1.54, 1.807) is 35.7 Å². The van der Waals surface area contributed by atoms with Crippen LogP contribution in [0.3, 0.4) is 0 Å². The predicted octanol–water partition coefficient (Wildman–Crippen LogP) is 4.18. The van der Waals surface area contributed by atoms with Crippen molar-refractivity contribution in [2.75, 3.05) is 25.5 Å². The van der Waals surface area contributed by atoms with Gasteiger partial charge in [0.05, 0.1) is 18.4 Å². The minimum atomic E-state index is -3.58. The molecule has 0 atom stereocenters. The van der Waals surface area contributed by atoms with Crippen LogP contribution in [0.2, 0.25) is 0 Å². The number of hydrogen-bond acceptors (Lipinski definition) is 4. The number of sulfonamides is 1. The fraction of sp³-hybridized carbons (Fsp3) is 0.435. The van der Waals surface area contributed by atoms with Crippen LogP contribution < -0.4 is 10.1 Å². The number of amides is 1. The molecule has 0 spiro atoms. The van der Waals surface area contributed by atoms with Gasteiger partial charge in [-0.3, -0.25) is 4.79 Å². The van der Waals surface area contributed by atoms with Crippen molar-refractivity contribution in [1.29, 1.82) is 0 Å². The summed E-state index contributed by atoms with van der Waals surface area (Å²) in [5.41, 5.74) is 1.43. The Morgan fingerprint density at radius 1 is 0.933 bits per heavy atom. The Morgan fingerprint density at radius 2 is 1.47 bits per heavy atom. The van der Waals surface area contributed by atoms with Crippen molar-refractivity contribution < 1.29 is 17.9 Å². The van der Waals surface area contributed by atoms with E-state index in [0.29, 0.717) is 18.8 Å². The third-order valence-corrected chi connectivity index (χ3v) is 6.28. The van der Waals surface area contributed by atoms with E-state index in [1.807, 2.05) is 52.0 Å². The van der Waals surface area contributed by atoms with Crippen molar-refractivity contribution in [2.24, 2.45) is 11.8 Å². The van der Waals surface area contributed by atoms with Crippen LogP contribution in [0, 0.1) is 11.8 Å². The molecule has 1 N–H and O–H groups in total. The van der Waals surface area contributed by atoms with E-state index in [2.05, 4.69) is 5.32 Å². The number of carbonyl (C=O) groups is 1. The molecule has 6 nitrogen and oxygen atoms in total. The summed E-state index contributed by atoms with van der Waals surface area (Å²) in [6.07, 6.45) is 0.223.